The number of nitrogens with zero attached hydrogens (tertiary/aromatic N) is 1. The number of furan rings is 1. The standard InChI is InChI=1S/C12H15NO2/c1-13(2)7-6-9-8-15-12-10(9)4-3-5-11(12)14/h3-5,8,14H,6-7H2,1-2H3. The molecular weight excluding hydrogens is 190 g/mol. The predicted octanol–water partition coefficient (Wildman–Crippen LogP) is 2.24. The van der Waals surface area contributed by atoms with Crippen LogP contribution in [0.3, 0.4) is 0 Å². The lowest BCUT2D eigenvalue weighted by molar-refractivity contribution is 0.413. The number of likely N-dealkylation sites (N-methyl/N-ethyl adjacent to an activating group) is 1. The Balaban J connectivity index is 2.33. The van der Waals surface area contributed by atoms with Crippen LogP contribution >= 0.6 is 0 Å². The first-order valence-electron chi connectivity index (χ1n) is 5.01. The summed E-state index contributed by atoms with van der Waals surface area (Å²) in [7, 11) is 4.08. The van der Waals surface area contributed by atoms with Crippen molar-refractivity contribution in [3.63, 3.8) is 0 Å². The highest BCUT2D eigenvalue weighted by Gasteiger charge is 2.08. The van der Waals surface area contributed by atoms with Crippen LogP contribution in [0.1, 0.15) is 5.56 Å². The summed E-state index contributed by atoms with van der Waals surface area (Å²) in [6, 6.07) is 5.46. The molecule has 0 saturated carbocycles. The van der Waals surface area contributed by atoms with Gasteiger partial charge in [-0.05, 0) is 32.1 Å². The normalized spacial score (nSPS) is 11.4. The van der Waals surface area contributed by atoms with Crippen molar-refractivity contribution in [1.29, 1.82) is 0 Å². The minimum Gasteiger partial charge on any atom is -0.504 e. The number of phenolic OH excluding ortho intramolecular Hbond substituents is 1. The quantitative estimate of drug-likeness (QED) is 0.834. The smallest absolute Gasteiger partial charge is 0.175 e. The van der Waals surface area contributed by atoms with Crippen molar-refractivity contribution in [1.82, 2.24) is 4.90 Å². The molecule has 2 aromatic rings. The van der Waals surface area contributed by atoms with Crippen LogP contribution in [-0.2, 0) is 6.42 Å². The molecule has 0 fully saturated rings. The second-order valence-electron chi connectivity index (χ2n) is 3.97. The van der Waals surface area contributed by atoms with Crippen molar-refractivity contribution in [2.45, 2.75) is 6.42 Å². The molecule has 0 unspecified atom stereocenters. The fourth-order valence-electron chi connectivity index (χ4n) is 1.63. The zero-order chi connectivity index (χ0) is 10.8. The summed E-state index contributed by atoms with van der Waals surface area (Å²) in [5, 5.41) is 10.6. The average Bonchev–Trinajstić information content (AvgIpc) is 2.59. The summed E-state index contributed by atoms with van der Waals surface area (Å²) in [5.74, 6) is 0.212. The summed E-state index contributed by atoms with van der Waals surface area (Å²) < 4.78 is 5.34. The van der Waals surface area contributed by atoms with Crippen LogP contribution in [0.5, 0.6) is 5.75 Å². The molecule has 0 amide bonds. The van der Waals surface area contributed by atoms with Gasteiger partial charge in [0.25, 0.3) is 0 Å². The number of fused-ring (bicyclic) bond motifs is 1. The Kier molecular flexibility index (Phi) is 2.64. The number of phenols is 1. The number of rotatable bonds is 3. The number of hydrogen-bond acceptors (Lipinski definition) is 3. The monoisotopic (exact) mass is 205 g/mol. The van der Waals surface area contributed by atoms with Gasteiger partial charge < -0.3 is 14.4 Å². The zero-order valence-corrected chi connectivity index (χ0v) is 9.03. The van der Waals surface area contributed by atoms with E-state index < -0.39 is 0 Å². The van der Waals surface area contributed by atoms with E-state index in [9.17, 15) is 5.11 Å². The molecule has 0 radical (unpaired) electrons. The van der Waals surface area contributed by atoms with Gasteiger partial charge in [-0.15, -0.1) is 0 Å². The highest BCUT2D eigenvalue weighted by molar-refractivity contribution is 5.85. The highest BCUT2D eigenvalue weighted by atomic mass is 16.3. The van der Waals surface area contributed by atoms with Crippen LogP contribution < -0.4 is 0 Å². The molecule has 2 rings (SSSR count). The van der Waals surface area contributed by atoms with Crippen LogP contribution in [0.2, 0.25) is 0 Å². The molecule has 1 heterocycles. The van der Waals surface area contributed by atoms with E-state index in [0.29, 0.717) is 5.58 Å². The second-order valence-corrected chi connectivity index (χ2v) is 3.97. The fraction of sp³-hybridized carbons (Fsp3) is 0.333. The summed E-state index contributed by atoms with van der Waals surface area (Å²) in [6.45, 7) is 0.976. The Bertz CT molecular complexity index is 460. The number of benzene rings is 1. The van der Waals surface area contributed by atoms with E-state index in [1.165, 1.54) is 0 Å². The Morgan fingerprint density at radius 3 is 2.87 bits per heavy atom. The van der Waals surface area contributed by atoms with E-state index in [-0.39, 0.29) is 5.75 Å². The first kappa shape index (κ1) is 10.1. The molecule has 0 spiro atoms. The van der Waals surface area contributed by atoms with Crippen LogP contribution in [-0.4, -0.2) is 30.6 Å². The van der Waals surface area contributed by atoms with Gasteiger partial charge in [-0.2, -0.15) is 0 Å². The summed E-state index contributed by atoms with van der Waals surface area (Å²) in [6.07, 6.45) is 2.66. The summed E-state index contributed by atoms with van der Waals surface area (Å²) >= 11 is 0. The second kappa shape index (κ2) is 3.95. The molecule has 0 aliphatic heterocycles. The third-order valence-electron chi connectivity index (χ3n) is 2.49. The van der Waals surface area contributed by atoms with Gasteiger partial charge in [0.05, 0.1) is 6.26 Å². The van der Waals surface area contributed by atoms with E-state index in [4.69, 9.17) is 4.42 Å². The molecule has 1 N–H and O–H groups in total. The zero-order valence-electron chi connectivity index (χ0n) is 9.03. The molecule has 0 aliphatic carbocycles. The first-order valence-corrected chi connectivity index (χ1v) is 5.01. The van der Waals surface area contributed by atoms with E-state index in [1.54, 1.807) is 12.3 Å². The minimum atomic E-state index is 0.212. The van der Waals surface area contributed by atoms with Crippen LogP contribution in [0, 0.1) is 0 Å². The van der Waals surface area contributed by atoms with E-state index in [1.807, 2.05) is 26.2 Å². The van der Waals surface area contributed by atoms with Crippen molar-refractivity contribution in [2.24, 2.45) is 0 Å². The average molecular weight is 205 g/mol. The Morgan fingerprint density at radius 2 is 2.13 bits per heavy atom. The van der Waals surface area contributed by atoms with E-state index in [0.717, 1.165) is 23.9 Å². The van der Waals surface area contributed by atoms with E-state index in [2.05, 4.69) is 4.90 Å². The summed E-state index contributed by atoms with van der Waals surface area (Å²) in [4.78, 5) is 2.13. The number of hydrogen-bond donors (Lipinski definition) is 1. The molecule has 3 heteroatoms. The Labute approximate surface area is 88.9 Å². The topological polar surface area (TPSA) is 36.6 Å². The molecule has 3 nitrogen and oxygen atoms in total. The van der Waals surface area contributed by atoms with Crippen molar-refractivity contribution >= 4 is 11.0 Å². The van der Waals surface area contributed by atoms with Crippen molar-refractivity contribution in [3.8, 4) is 5.75 Å². The third kappa shape index (κ3) is 1.97. The molecule has 15 heavy (non-hydrogen) atoms. The maximum absolute atomic E-state index is 9.56. The third-order valence-corrected chi connectivity index (χ3v) is 2.49. The summed E-state index contributed by atoms with van der Waals surface area (Å²) in [5.41, 5.74) is 1.74. The van der Waals surface area contributed by atoms with E-state index >= 15 is 0 Å². The van der Waals surface area contributed by atoms with Gasteiger partial charge in [0.1, 0.15) is 0 Å². The van der Waals surface area contributed by atoms with Gasteiger partial charge >= 0.3 is 0 Å². The lowest BCUT2D eigenvalue weighted by atomic mass is 10.1. The van der Waals surface area contributed by atoms with Crippen molar-refractivity contribution in [2.75, 3.05) is 20.6 Å². The molecule has 0 aliphatic rings. The molecule has 80 valence electrons. The molecule has 1 aromatic carbocycles. The first-order chi connectivity index (χ1) is 7.18. The van der Waals surface area contributed by atoms with Gasteiger partial charge in [-0.1, -0.05) is 12.1 Å². The Hall–Kier alpha value is -1.48. The maximum atomic E-state index is 9.56. The molecule has 0 atom stereocenters. The van der Waals surface area contributed by atoms with Crippen molar-refractivity contribution < 1.29 is 9.52 Å². The minimum absolute atomic E-state index is 0.212. The van der Waals surface area contributed by atoms with Gasteiger partial charge in [0.2, 0.25) is 0 Å². The maximum Gasteiger partial charge on any atom is 0.175 e. The lowest BCUT2D eigenvalue weighted by Crippen LogP contribution is -2.14. The Morgan fingerprint density at radius 1 is 1.33 bits per heavy atom. The van der Waals surface area contributed by atoms with Gasteiger partial charge in [-0.25, -0.2) is 0 Å². The SMILES string of the molecule is CN(C)CCc1coc2c(O)cccc12. The number of para-hydroxylation sites is 1. The van der Waals surface area contributed by atoms with Crippen molar-refractivity contribution in [3.05, 3.63) is 30.0 Å². The molecule has 0 bridgehead atoms. The van der Waals surface area contributed by atoms with Gasteiger partial charge in [0, 0.05) is 11.9 Å². The largest absolute Gasteiger partial charge is 0.504 e. The molecular formula is C12H15NO2. The van der Waals surface area contributed by atoms with Crippen LogP contribution in [0.15, 0.2) is 28.9 Å². The molecule has 0 saturated heterocycles. The van der Waals surface area contributed by atoms with Gasteiger partial charge in [-0.3, -0.25) is 0 Å². The van der Waals surface area contributed by atoms with Gasteiger partial charge in [0.15, 0.2) is 11.3 Å². The fourth-order valence-corrected chi connectivity index (χ4v) is 1.63. The lowest BCUT2D eigenvalue weighted by Gasteiger charge is -2.07. The predicted molar refractivity (Wildman–Crippen MR) is 60.1 cm³/mol. The number of aromatic hydroxyl groups is 1. The highest BCUT2D eigenvalue weighted by Crippen LogP contribution is 2.28. The van der Waals surface area contributed by atoms with Crippen LogP contribution in [0.4, 0.5) is 0 Å². The van der Waals surface area contributed by atoms with Crippen LogP contribution in [0.25, 0.3) is 11.0 Å². The molecule has 1 aromatic heterocycles.